The maximum atomic E-state index is 13.0. The molecule has 34 heavy (non-hydrogen) atoms. The Hall–Kier alpha value is -3.08. The normalized spacial score (nSPS) is 21.4. The maximum Gasteiger partial charge on any atom is 0.307 e. The number of halogens is 1. The summed E-state index contributed by atoms with van der Waals surface area (Å²) in [4.78, 5) is 18.7. The summed E-state index contributed by atoms with van der Waals surface area (Å²) in [5.41, 5.74) is 1.65. The quantitative estimate of drug-likeness (QED) is 0.541. The molecule has 3 aliphatic rings. The van der Waals surface area contributed by atoms with Gasteiger partial charge in [0.1, 0.15) is 5.82 Å². The molecular weight excluding hydrogens is 461 g/mol. The summed E-state index contributed by atoms with van der Waals surface area (Å²) >= 11 is 0. The minimum Gasteiger partial charge on any atom is -0.432 e. The fourth-order valence-corrected chi connectivity index (χ4v) is 4.68. The van der Waals surface area contributed by atoms with E-state index in [4.69, 9.17) is 8.97 Å². The van der Waals surface area contributed by atoms with E-state index in [0.717, 1.165) is 38.0 Å². The van der Waals surface area contributed by atoms with Gasteiger partial charge in [-0.25, -0.2) is 9.37 Å². The first kappa shape index (κ1) is 24.1. The van der Waals surface area contributed by atoms with Crippen LogP contribution in [0.3, 0.4) is 0 Å². The third-order valence-corrected chi connectivity index (χ3v) is 6.99. The van der Waals surface area contributed by atoms with Crippen LogP contribution in [-0.2, 0) is 10.1 Å². The predicted molar refractivity (Wildman–Crippen MR) is 123 cm³/mol. The molecule has 4 heterocycles. The lowest BCUT2D eigenvalue weighted by atomic mass is 9.84. The van der Waals surface area contributed by atoms with Gasteiger partial charge in [-0.2, -0.15) is 8.42 Å². The molecular formula is C24H26FN3O5S. The van der Waals surface area contributed by atoms with Gasteiger partial charge in [0.2, 0.25) is 0 Å². The summed E-state index contributed by atoms with van der Waals surface area (Å²) in [5, 5.41) is 3.04. The van der Waals surface area contributed by atoms with Gasteiger partial charge in [-0.1, -0.05) is 17.7 Å². The van der Waals surface area contributed by atoms with E-state index in [1.165, 1.54) is 30.5 Å². The Morgan fingerprint density at radius 3 is 2.32 bits per heavy atom. The van der Waals surface area contributed by atoms with E-state index in [1.807, 2.05) is 6.92 Å². The second-order valence-electron chi connectivity index (χ2n) is 8.54. The predicted octanol–water partition coefficient (Wildman–Crippen LogP) is 3.55. The van der Waals surface area contributed by atoms with Crippen molar-refractivity contribution in [3.8, 4) is 11.3 Å². The zero-order valence-corrected chi connectivity index (χ0v) is 19.5. The van der Waals surface area contributed by atoms with Crippen LogP contribution in [0, 0.1) is 18.7 Å². The summed E-state index contributed by atoms with van der Waals surface area (Å²) in [7, 11) is -4.02. The SMILES string of the molecule is Cc1ccc(S(=O)(=O)O)cc1.O=C(N[C@H]1CN2CCC1CC2)c1ncc(-c2ccc(F)cc2)o1. The van der Waals surface area contributed by atoms with Crippen LogP contribution in [0.5, 0.6) is 0 Å². The Kier molecular flexibility index (Phi) is 7.11. The van der Waals surface area contributed by atoms with Crippen molar-refractivity contribution < 1.29 is 26.6 Å². The van der Waals surface area contributed by atoms with Crippen LogP contribution < -0.4 is 5.32 Å². The molecule has 1 amide bonds. The number of carbonyl (C=O) groups is 1. The molecule has 0 unspecified atom stereocenters. The van der Waals surface area contributed by atoms with E-state index in [2.05, 4.69) is 15.2 Å². The van der Waals surface area contributed by atoms with Crippen LogP contribution in [0.25, 0.3) is 11.3 Å². The molecule has 10 heteroatoms. The van der Waals surface area contributed by atoms with Gasteiger partial charge in [-0.3, -0.25) is 9.35 Å². The topological polar surface area (TPSA) is 113 Å². The zero-order valence-electron chi connectivity index (χ0n) is 18.6. The minimum absolute atomic E-state index is 0.0563. The van der Waals surface area contributed by atoms with E-state index >= 15 is 0 Å². The van der Waals surface area contributed by atoms with Crippen LogP contribution >= 0.6 is 0 Å². The minimum atomic E-state index is -4.02. The van der Waals surface area contributed by atoms with E-state index in [0.29, 0.717) is 17.2 Å². The molecule has 180 valence electrons. The fraction of sp³-hybridized carbons (Fsp3) is 0.333. The number of carbonyl (C=O) groups excluding carboxylic acids is 1. The summed E-state index contributed by atoms with van der Waals surface area (Å²) in [6.45, 7) is 5.01. The first-order valence-electron chi connectivity index (χ1n) is 11.0. The van der Waals surface area contributed by atoms with Crippen LogP contribution in [0.15, 0.2) is 64.0 Å². The van der Waals surface area contributed by atoms with E-state index in [9.17, 15) is 17.6 Å². The average Bonchev–Trinajstić information content (AvgIpc) is 3.31. The number of hydrogen-bond donors (Lipinski definition) is 2. The summed E-state index contributed by atoms with van der Waals surface area (Å²) in [5.74, 6) is 0.478. The molecule has 3 aliphatic heterocycles. The van der Waals surface area contributed by atoms with E-state index in [-0.39, 0.29) is 28.6 Å². The Labute approximate surface area is 197 Å². The van der Waals surface area contributed by atoms with Crippen LogP contribution in [0.1, 0.15) is 29.1 Å². The van der Waals surface area contributed by atoms with Crippen LogP contribution in [-0.4, -0.2) is 54.4 Å². The fourth-order valence-electron chi connectivity index (χ4n) is 4.20. The second-order valence-corrected chi connectivity index (χ2v) is 9.96. The smallest absolute Gasteiger partial charge is 0.307 e. The van der Waals surface area contributed by atoms with Crippen molar-refractivity contribution in [2.45, 2.75) is 30.7 Å². The zero-order chi connectivity index (χ0) is 24.3. The van der Waals surface area contributed by atoms with Crippen molar-refractivity contribution in [2.24, 2.45) is 5.92 Å². The molecule has 3 aromatic rings. The first-order chi connectivity index (χ1) is 16.2. The van der Waals surface area contributed by atoms with E-state index < -0.39 is 10.1 Å². The van der Waals surface area contributed by atoms with Crippen molar-refractivity contribution in [3.05, 3.63) is 72.0 Å². The van der Waals surface area contributed by atoms with Crippen molar-refractivity contribution in [2.75, 3.05) is 19.6 Å². The Balaban J connectivity index is 0.000000210. The average molecular weight is 488 g/mol. The molecule has 1 aromatic heterocycles. The third kappa shape index (κ3) is 5.88. The standard InChI is InChI=1S/C17H18FN3O2.C7H8O3S/c18-13-3-1-12(2-4-13)15-9-19-17(23-15)16(22)20-14-10-21-7-5-11(14)6-8-21;1-6-2-4-7(5-3-6)11(8,9)10/h1-4,9,11,14H,5-8,10H2,(H,20,22);2-5H,1H3,(H,8,9,10)/t14-;/m0./s1. The Bertz CT molecular complexity index is 1230. The van der Waals surface area contributed by atoms with Gasteiger partial charge < -0.3 is 14.6 Å². The number of oxazole rings is 1. The molecule has 8 nitrogen and oxygen atoms in total. The van der Waals surface area contributed by atoms with Gasteiger partial charge in [-0.15, -0.1) is 0 Å². The molecule has 2 aromatic carbocycles. The van der Waals surface area contributed by atoms with Crippen LogP contribution in [0.4, 0.5) is 4.39 Å². The number of amides is 1. The number of hydrogen-bond acceptors (Lipinski definition) is 6. The molecule has 3 fully saturated rings. The van der Waals surface area contributed by atoms with Crippen molar-refractivity contribution in [3.63, 3.8) is 0 Å². The largest absolute Gasteiger partial charge is 0.432 e. The second kappa shape index (κ2) is 10.0. The molecule has 0 spiro atoms. The number of aromatic nitrogens is 1. The summed E-state index contributed by atoms with van der Waals surface area (Å²) in [6.07, 6.45) is 3.77. The lowest BCUT2D eigenvalue weighted by molar-refractivity contribution is 0.0602. The van der Waals surface area contributed by atoms with Gasteiger partial charge >= 0.3 is 5.91 Å². The summed E-state index contributed by atoms with van der Waals surface area (Å²) in [6, 6.07) is 12.1. The lowest BCUT2D eigenvalue weighted by Gasteiger charge is -2.44. The highest BCUT2D eigenvalue weighted by molar-refractivity contribution is 7.85. The molecule has 0 radical (unpaired) electrons. The Morgan fingerprint density at radius 2 is 1.76 bits per heavy atom. The maximum absolute atomic E-state index is 13.0. The van der Waals surface area contributed by atoms with E-state index in [1.54, 1.807) is 24.3 Å². The number of aryl methyl sites for hydroxylation is 1. The molecule has 0 aliphatic carbocycles. The number of nitrogens with zero attached hydrogens (tertiary/aromatic N) is 2. The lowest BCUT2D eigenvalue weighted by Crippen LogP contribution is -2.57. The highest BCUT2D eigenvalue weighted by atomic mass is 32.2. The molecule has 2 bridgehead atoms. The monoisotopic (exact) mass is 487 g/mol. The molecule has 1 atom stereocenters. The highest BCUT2D eigenvalue weighted by Gasteiger charge is 2.35. The van der Waals surface area contributed by atoms with Crippen LogP contribution in [0.2, 0.25) is 0 Å². The van der Waals surface area contributed by atoms with Gasteiger partial charge in [-0.05, 0) is 75.2 Å². The van der Waals surface area contributed by atoms with Crippen molar-refractivity contribution in [1.29, 1.82) is 0 Å². The first-order valence-corrected chi connectivity index (χ1v) is 12.4. The van der Waals surface area contributed by atoms with Crippen molar-refractivity contribution in [1.82, 2.24) is 15.2 Å². The highest BCUT2D eigenvalue weighted by Crippen LogP contribution is 2.28. The number of piperidine rings is 3. The third-order valence-electron chi connectivity index (χ3n) is 6.12. The number of rotatable bonds is 4. The number of benzene rings is 2. The molecule has 6 rings (SSSR count). The van der Waals surface area contributed by atoms with Gasteiger partial charge in [0.05, 0.1) is 11.1 Å². The molecule has 0 saturated carbocycles. The van der Waals surface area contributed by atoms with Gasteiger partial charge in [0, 0.05) is 18.2 Å². The molecule has 3 saturated heterocycles. The van der Waals surface area contributed by atoms with Gasteiger partial charge in [0.25, 0.3) is 16.0 Å². The Morgan fingerprint density at radius 1 is 1.12 bits per heavy atom. The summed E-state index contributed by atoms with van der Waals surface area (Å²) < 4.78 is 48.0. The van der Waals surface area contributed by atoms with Gasteiger partial charge in [0.15, 0.2) is 5.76 Å². The number of fused-ring (bicyclic) bond motifs is 3. The number of nitrogens with one attached hydrogen (secondary N) is 1. The van der Waals surface area contributed by atoms with Crippen molar-refractivity contribution >= 4 is 16.0 Å². The molecule has 2 N–H and O–H groups in total.